The second kappa shape index (κ2) is 9.48. The molecule has 6 nitrogen and oxygen atoms in total. The molecule has 2 atom stereocenters. The highest BCUT2D eigenvalue weighted by atomic mass is 32.2. The number of halogens is 1. The van der Waals surface area contributed by atoms with E-state index in [9.17, 15) is 17.6 Å². The molecule has 8 heteroatoms. The number of anilines is 1. The zero-order chi connectivity index (χ0) is 23.5. The molecule has 1 amide bonds. The number of rotatable bonds is 8. The third kappa shape index (κ3) is 4.90. The number of nitrogens with zero attached hydrogens (tertiary/aromatic N) is 1. The molecule has 2 aromatic rings. The number of ether oxygens (including phenoxy) is 1. The maximum absolute atomic E-state index is 13.4. The minimum absolute atomic E-state index is 0.250. The molecule has 2 aromatic carbocycles. The molecule has 32 heavy (non-hydrogen) atoms. The lowest BCUT2D eigenvalue weighted by Crippen LogP contribution is -2.52. The number of benzene rings is 2. The van der Waals surface area contributed by atoms with Gasteiger partial charge in [-0.25, -0.2) is 12.8 Å². The number of hydrogen-bond acceptors (Lipinski definition) is 4. The molecule has 0 aliphatic carbocycles. The lowest BCUT2D eigenvalue weighted by atomic mass is 9.83. The first-order chi connectivity index (χ1) is 15.1. The van der Waals surface area contributed by atoms with Gasteiger partial charge < -0.3 is 10.1 Å². The summed E-state index contributed by atoms with van der Waals surface area (Å²) in [7, 11) is -3.80. The molecule has 0 saturated carbocycles. The molecule has 0 fully saturated rings. The van der Waals surface area contributed by atoms with Crippen LogP contribution in [-0.2, 0) is 14.8 Å². The summed E-state index contributed by atoms with van der Waals surface area (Å²) in [6, 6.07) is 11.4. The van der Waals surface area contributed by atoms with Gasteiger partial charge in [-0.05, 0) is 49.6 Å². The van der Waals surface area contributed by atoms with Gasteiger partial charge in [-0.3, -0.25) is 9.10 Å². The molecule has 0 unspecified atom stereocenters. The van der Waals surface area contributed by atoms with E-state index < -0.39 is 33.4 Å². The lowest BCUT2D eigenvalue weighted by molar-refractivity contribution is -0.123. The topological polar surface area (TPSA) is 75.7 Å². The summed E-state index contributed by atoms with van der Waals surface area (Å²) < 4.78 is 46.1. The zero-order valence-corrected chi connectivity index (χ0v) is 19.8. The van der Waals surface area contributed by atoms with E-state index in [0.29, 0.717) is 6.42 Å². The number of nitrogens with one attached hydrogen (secondary N) is 1. The maximum Gasteiger partial charge on any atom is 0.244 e. The van der Waals surface area contributed by atoms with Gasteiger partial charge in [0.15, 0.2) is 0 Å². The second-order valence-electron chi connectivity index (χ2n) is 8.25. The van der Waals surface area contributed by atoms with Gasteiger partial charge in [0.25, 0.3) is 0 Å². The highest BCUT2D eigenvalue weighted by Gasteiger charge is 2.40. The summed E-state index contributed by atoms with van der Waals surface area (Å²) in [6.07, 6.45) is 3.47. The number of sulfonamides is 1. The van der Waals surface area contributed by atoms with E-state index in [1.54, 1.807) is 6.92 Å². The Labute approximate surface area is 189 Å². The predicted molar refractivity (Wildman–Crippen MR) is 124 cm³/mol. The highest BCUT2D eigenvalue weighted by Crippen LogP contribution is 2.42. The van der Waals surface area contributed by atoms with Crippen molar-refractivity contribution in [2.45, 2.75) is 64.1 Å². The number of carbonyl (C=O) groups is 1. The van der Waals surface area contributed by atoms with Gasteiger partial charge >= 0.3 is 0 Å². The van der Waals surface area contributed by atoms with E-state index in [4.69, 9.17) is 4.74 Å². The minimum atomic E-state index is -3.80. The predicted octanol–water partition coefficient (Wildman–Crippen LogP) is 4.57. The van der Waals surface area contributed by atoms with E-state index >= 15 is 0 Å². The Morgan fingerprint density at radius 1 is 1.16 bits per heavy atom. The average molecular weight is 463 g/mol. The van der Waals surface area contributed by atoms with Crippen LogP contribution in [0.4, 0.5) is 10.1 Å². The smallest absolute Gasteiger partial charge is 0.244 e. The highest BCUT2D eigenvalue weighted by molar-refractivity contribution is 7.92. The summed E-state index contributed by atoms with van der Waals surface area (Å²) in [5.74, 6) is -0.140. The molecule has 1 N–H and O–H groups in total. The maximum atomic E-state index is 13.4. The van der Waals surface area contributed by atoms with Crippen LogP contribution in [0.3, 0.4) is 0 Å². The average Bonchev–Trinajstić information content (AvgIpc) is 2.77. The second-order valence-corrected chi connectivity index (χ2v) is 10.1. The van der Waals surface area contributed by atoms with Crippen LogP contribution >= 0.6 is 0 Å². The SMILES string of the molecule is CC[C@H](C(=O)N[C@@H]1CC(CC)(CC)Oc2ccccc21)N(c1ccc(F)cc1)S(C)(=O)=O. The largest absolute Gasteiger partial charge is 0.487 e. The molecule has 1 heterocycles. The van der Waals surface area contributed by atoms with E-state index in [0.717, 1.165) is 34.7 Å². The monoisotopic (exact) mass is 462 g/mol. The first-order valence-corrected chi connectivity index (χ1v) is 12.8. The van der Waals surface area contributed by atoms with Crippen LogP contribution in [0, 0.1) is 5.82 Å². The van der Waals surface area contributed by atoms with Crippen molar-refractivity contribution in [1.82, 2.24) is 5.32 Å². The third-order valence-electron chi connectivity index (χ3n) is 6.21. The van der Waals surface area contributed by atoms with Crippen LogP contribution < -0.4 is 14.4 Å². The summed E-state index contributed by atoms with van der Waals surface area (Å²) >= 11 is 0. The first kappa shape index (κ1) is 24.0. The summed E-state index contributed by atoms with van der Waals surface area (Å²) in [5, 5.41) is 3.08. The molecule has 0 aromatic heterocycles. The molecule has 0 bridgehead atoms. The molecule has 1 aliphatic heterocycles. The normalized spacial score (nSPS) is 18.2. The van der Waals surface area contributed by atoms with Gasteiger partial charge in [0.1, 0.15) is 23.2 Å². The van der Waals surface area contributed by atoms with Crippen LogP contribution in [-0.4, -0.2) is 32.2 Å². The third-order valence-corrected chi connectivity index (χ3v) is 7.39. The van der Waals surface area contributed by atoms with Gasteiger partial charge in [-0.1, -0.05) is 39.0 Å². The first-order valence-electron chi connectivity index (χ1n) is 11.0. The Bertz CT molecular complexity index is 1050. The molecular formula is C24H31FN2O4S. The van der Waals surface area contributed by atoms with Gasteiger partial charge in [-0.2, -0.15) is 0 Å². The fraction of sp³-hybridized carbons (Fsp3) is 0.458. The Morgan fingerprint density at radius 2 is 1.78 bits per heavy atom. The zero-order valence-electron chi connectivity index (χ0n) is 19.0. The minimum Gasteiger partial charge on any atom is -0.487 e. The number of amides is 1. The van der Waals surface area contributed by atoms with E-state index in [-0.39, 0.29) is 18.2 Å². The number of para-hydroxylation sites is 1. The Kier molecular flexibility index (Phi) is 7.12. The Morgan fingerprint density at radius 3 is 2.34 bits per heavy atom. The van der Waals surface area contributed by atoms with Gasteiger partial charge in [0, 0.05) is 12.0 Å². The summed E-state index contributed by atoms with van der Waals surface area (Å²) in [6.45, 7) is 5.88. The van der Waals surface area contributed by atoms with Crippen molar-refractivity contribution < 1.29 is 22.3 Å². The van der Waals surface area contributed by atoms with Crippen LogP contribution in [0.2, 0.25) is 0 Å². The molecule has 0 radical (unpaired) electrons. The van der Waals surface area contributed by atoms with E-state index in [1.165, 1.54) is 24.3 Å². The van der Waals surface area contributed by atoms with Crippen molar-refractivity contribution in [3.8, 4) is 5.75 Å². The Balaban J connectivity index is 1.95. The fourth-order valence-corrected chi connectivity index (χ4v) is 5.56. The standard InChI is InChI=1S/C24H31FN2O4S/c1-5-21(27(32(4,29)30)18-14-12-17(25)13-15-18)23(28)26-20-16-24(6-2,7-3)31-22-11-9-8-10-19(20)22/h8-15,20-21H,5-7,16H2,1-4H3,(H,26,28)/t20-,21-/m1/s1. The number of hydrogen-bond donors (Lipinski definition) is 1. The lowest BCUT2D eigenvalue weighted by Gasteiger charge is -2.42. The van der Waals surface area contributed by atoms with Crippen molar-refractivity contribution >= 4 is 21.6 Å². The van der Waals surface area contributed by atoms with Crippen molar-refractivity contribution in [2.75, 3.05) is 10.6 Å². The molecule has 174 valence electrons. The molecule has 0 spiro atoms. The molecule has 3 rings (SSSR count). The van der Waals surface area contributed by atoms with Crippen LogP contribution in [0.1, 0.15) is 58.1 Å². The van der Waals surface area contributed by atoms with Crippen LogP contribution in [0.25, 0.3) is 0 Å². The number of fused-ring (bicyclic) bond motifs is 1. The van der Waals surface area contributed by atoms with E-state index in [1.807, 2.05) is 24.3 Å². The van der Waals surface area contributed by atoms with Crippen molar-refractivity contribution in [3.05, 3.63) is 59.9 Å². The van der Waals surface area contributed by atoms with Gasteiger partial charge in [-0.15, -0.1) is 0 Å². The van der Waals surface area contributed by atoms with Crippen molar-refractivity contribution in [3.63, 3.8) is 0 Å². The van der Waals surface area contributed by atoms with Crippen LogP contribution in [0.5, 0.6) is 5.75 Å². The number of carbonyl (C=O) groups excluding carboxylic acids is 1. The fourth-order valence-electron chi connectivity index (χ4n) is 4.35. The van der Waals surface area contributed by atoms with E-state index in [2.05, 4.69) is 19.2 Å². The van der Waals surface area contributed by atoms with Crippen LogP contribution in [0.15, 0.2) is 48.5 Å². The Hall–Kier alpha value is -2.61. The molecule has 0 saturated heterocycles. The summed E-state index contributed by atoms with van der Waals surface area (Å²) in [5.41, 5.74) is 0.724. The summed E-state index contributed by atoms with van der Waals surface area (Å²) in [4.78, 5) is 13.4. The quantitative estimate of drug-likeness (QED) is 0.624. The van der Waals surface area contributed by atoms with Gasteiger partial charge in [0.05, 0.1) is 18.0 Å². The van der Waals surface area contributed by atoms with Crippen molar-refractivity contribution in [2.24, 2.45) is 0 Å². The van der Waals surface area contributed by atoms with Crippen molar-refractivity contribution in [1.29, 1.82) is 0 Å². The van der Waals surface area contributed by atoms with Gasteiger partial charge in [0.2, 0.25) is 15.9 Å². The molecule has 1 aliphatic rings. The molecular weight excluding hydrogens is 431 g/mol.